The van der Waals surface area contributed by atoms with Crippen molar-refractivity contribution in [2.24, 2.45) is 0 Å². The number of hydrogen-bond donors (Lipinski definition) is 2. The van der Waals surface area contributed by atoms with Crippen LogP contribution in [0.2, 0.25) is 10.0 Å². The number of carboxylic acids is 2. The van der Waals surface area contributed by atoms with Crippen molar-refractivity contribution in [1.29, 1.82) is 0 Å². The molecule has 12 heteroatoms. The van der Waals surface area contributed by atoms with Gasteiger partial charge in [0.15, 0.2) is 0 Å². The molecule has 2 heterocycles. The molecule has 0 spiro atoms. The maximum atomic E-state index is 13.0. The van der Waals surface area contributed by atoms with Crippen molar-refractivity contribution in [2.45, 2.75) is 0 Å². The first-order chi connectivity index (χ1) is 17.0. The van der Waals surface area contributed by atoms with E-state index in [1.54, 1.807) is 0 Å². The lowest BCUT2D eigenvalue weighted by Crippen LogP contribution is -2.31. The van der Waals surface area contributed by atoms with Crippen molar-refractivity contribution in [1.82, 2.24) is 0 Å². The molecule has 3 aromatic carbocycles. The van der Waals surface area contributed by atoms with Gasteiger partial charge in [-0.15, -0.1) is 0 Å². The number of benzene rings is 3. The molecule has 2 aliphatic rings. The highest BCUT2D eigenvalue weighted by atomic mass is 35.5. The molecule has 5 rings (SSSR count). The molecule has 0 saturated carbocycles. The van der Waals surface area contributed by atoms with Crippen LogP contribution in [0.4, 0.5) is 11.4 Å². The summed E-state index contributed by atoms with van der Waals surface area (Å²) in [6, 6.07) is 9.21. The molecule has 0 bridgehead atoms. The van der Waals surface area contributed by atoms with Gasteiger partial charge in [-0.3, -0.25) is 19.2 Å². The van der Waals surface area contributed by atoms with Gasteiger partial charge in [0.1, 0.15) is 0 Å². The highest BCUT2D eigenvalue weighted by Crippen LogP contribution is 2.42. The second kappa shape index (κ2) is 8.01. The number of fused-ring (bicyclic) bond motifs is 2. The zero-order chi connectivity index (χ0) is 26.0. The third-order valence-electron chi connectivity index (χ3n) is 5.77. The fraction of sp³-hybridized carbons (Fsp3) is 0. The number of aromatic carboxylic acids is 2. The third kappa shape index (κ3) is 3.27. The summed E-state index contributed by atoms with van der Waals surface area (Å²) >= 11 is 12.7. The van der Waals surface area contributed by atoms with E-state index in [1.165, 1.54) is 24.3 Å². The predicted molar refractivity (Wildman–Crippen MR) is 126 cm³/mol. The summed E-state index contributed by atoms with van der Waals surface area (Å²) in [5, 5.41) is 18.0. The molecule has 0 aromatic heterocycles. The fourth-order valence-corrected chi connectivity index (χ4v) is 4.54. The quantitative estimate of drug-likeness (QED) is 0.486. The maximum absolute atomic E-state index is 13.0. The van der Waals surface area contributed by atoms with Gasteiger partial charge in [-0.2, -0.15) is 0 Å². The predicted octanol–water partition coefficient (Wildman–Crippen LogP) is 3.99. The maximum Gasteiger partial charge on any atom is 0.335 e. The first kappa shape index (κ1) is 23.2. The Morgan fingerprint density at radius 1 is 0.556 bits per heavy atom. The van der Waals surface area contributed by atoms with Gasteiger partial charge >= 0.3 is 11.9 Å². The monoisotopic (exact) mass is 524 g/mol. The van der Waals surface area contributed by atoms with Crippen LogP contribution in [0.1, 0.15) is 62.1 Å². The van der Waals surface area contributed by atoms with Crippen molar-refractivity contribution >= 4 is 70.1 Å². The van der Waals surface area contributed by atoms with Gasteiger partial charge in [0.2, 0.25) is 0 Å². The van der Waals surface area contributed by atoms with Crippen LogP contribution < -0.4 is 9.80 Å². The van der Waals surface area contributed by atoms with Crippen LogP contribution in [0.15, 0.2) is 48.5 Å². The standard InChI is InChI=1S/C24H10Cl2N2O8/c25-15-8-18(28-20(30)12-4-2-10(24(35)36)6-14(12)22(28)32)16(26)7-17(15)27-19(29)11-3-1-9(23(33)34)5-13(11)21(27)31/h1-8H,(H,33,34)(H,35,36). The number of nitrogens with zero attached hydrogens (tertiary/aromatic N) is 2. The van der Waals surface area contributed by atoms with Crippen LogP contribution in [0, 0.1) is 0 Å². The summed E-state index contributed by atoms with van der Waals surface area (Å²) in [5.41, 5.74) is -0.986. The van der Waals surface area contributed by atoms with Crippen LogP contribution in [0.5, 0.6) is 0 Å². The van der Waals surface area contributed by atoms with E-state index in [4.69, 9.17) is 23.2 Å². The number of halogens is 2. The summed E-state index contributed by atoms with van der Waals surface area (Å²) < 4.78 is 0. The number of carboxylic acid groups (broad SMARTS) is 2. The number of anilines is 2. The zero-order valence-corrected chi connectivity index (χ0v) is 19.1. The minimum Gasteiger partial charge on any atom is -0.478 e. The SMILES string of the molecule is O=C(O)c1ccc2c(c1)C(=O)N(c1cc(Cl)c(N3C(=O)c4ccc(C(=O)O)cc4C3=O)cc1Cl)C2=O. The van der Waals surface area contributed by atoms with Gasteiger partial charge in [-0.25, -0.2) is 19.4 Å². The lowest BCUT2D eigenvalue weighted by Gasteiger charge is -2.20. The van der Waals surface area contributed by atoms with Crippen LogP contribution in [-0.4, -0.2) is 45.8 Å². The average Bonchev–Trinajstić information content (AvgIpc) is 3.24. The van der Waals surface area contributed by atoms with Crippen LogP contribution >= 0.6 is 23.2 Å². The summed E-state index contributed by atoms with van der Waals surface area (Å²) in [5.74, 6) is -5.74. The number of amides is 4. The summed E-state index contributed by atoms with van der Waals surface area (Å²) in [6.45, 7) is 0. The Morgan fingerprint density at radius 3 is 1.22 bits per heavy atom. The normalized spacial score (nSPS) is 14.4. The molecular weight excluding hydrogens is 515 g/mol. The fourth-order valence-electron chi connectivity index (χ4n) is 4.05. The number of hydrogen-bond acceptors (Lipinski definition) is 6. The number of rotatable bonds is 4. The second-order valence-corrected chi connectivity index (χ2v) is 8.59. The van der Waals surface area contributed by atoms with Crippen molar-refractivity contribution in [3.05, 3.63) is 92.0 Å². The second-order valence-electron chi connectivity index (χ2n) is 7.78. The van der Waals surface area contributed by atoms with Crippen LogP contribution in [-0.2, 0) is 0 Å². The lowest BCUT2D eigenvalue weighted by molar-refractivity contribution is 0.0686. The Kier molecular flexibility index (Phi) is 5.16. The van der Waals surface area contributed by atoms with Gasteiger partial charge in [-0.05, 0) is 48.5 Å². The van der Waals surface area contributed by atoms with E-state index in [9.17, 15) is 39.0 Å². The lowest BCUT2D eigenvalue weighted by atomic mass is 10.1. The van der Waals surface area contributed by atoms with E-state index < -0.39 is 35.6 Å². The Balaban J connectivity index is 1.54. The summed E-state index contributed by atoms with van der Waals surface area (Å²) in [4.78, 5) is 75.7. The first-order valence-corrected chi connectivity index (χ1v) is 10.8. The minimum atomic E-state index is -1.28. The molecule has 0 fully saturated rings. The van der Waals surface area contributed by atoms with E-state index in [0.29, 0.717) is 0 Å². The van der Waals surface area contributed by atoms with Gasteiger partial charge in [-0.1, -0.05) is 23.2 Å². The van der Waals surface area contributed by atoms with Crippen molar-refractivity contribution in [3.63, 3.8) is 0 Å². The highest BCUT2D eigenvalue weighted by Gasteiger charge is 2.41. The molecule has 2 N–H and O–H groups in total. The molecule has 10 nitrogen and oxygen atoms in total. The third-order valence-corrected chi connectivity index (χ3v) is 6.37. The molecule has 0 aliphatic carbocycles. The van der Waals surface area contributed by atoms with E-state index in [0.717, 1.165) is 34.1 Å². The molecule has 0 radical (unpaired) electrons. The van der Waals surface area contributed by atoms with Crippen LogP contribution in [0.3, 0.4) is 0 Å². The Morgan fingerprint density at radius 2 is 0.889 bits per heavy atom. The summed E-state index contributed by atoms with van der Waals surface area (Å²) in [7, 11) is 0. The Hall–Kier alpha value is -4.54. The molecule has 178 valence electrons. The van der Waals surface area contributed by atoms with Crippen LogP contribution in [0.25, 0.3) is 0 Å². The molecule has 0 unspecified atom stereocenters. The van der Waals surface area contributed by atoms with Crippen molar-refractivity contribution in [2.75, 3.05) is 9.80 Å². The van der Waals surface area contributed by atoms with Gasteiger partial charge in [0, 0.05) is 0 Å². The average molecular weight is 525 g/mol. The molecule has 2 aliphatic heterocycles. The number of imide groups is 2. The zero-order valence-electron chi connectivity index (χ0n) is 17.6. The summed E-state index contributed by atoms with van der Waals surface area (Å²) in [6.07, 6.45) is 0. The van der Waals surface area contributed by atoms with Gasteiger partial charge < -0.3 is 10.2 Å². The van der Waals surface area contributed by atoms with Crippen molar-refractivity contribution < 1.29 is 39.0 Å². The largest absolute Gasteiger partial charge is 0.478 e. The molecule has 0 atom stereocenters. The molecule has 4 amide bonds. The van der Waals surface area contributed by atoms with Gasteiger partial charge in [0.05, 0.1) is 54.8 Å². The topological polar surface area (TPSA) is 149 Å². The number of carbonyl (C=O) groups excluding carboxylic acids is 4. The van der Waals surface area contributed by atoms with Crippen molar-refractivity contribution in [3.8, 4) is 0 Å². The molecular formula is C24H10Cl2N2O8. The highest BCUT2D eigenvalue weighted by molar-refractivity contribution is 6.44. The van der Waals surface area contributed by atoms with Gasteiger partial charge in [0.25, 0.3) is 23.6 Å². The Labute approximate surface area is 210 Å². The van der Waals surface area contributed by atoms with E-state index >= 15 is 0 Å². The van der Waals surface area contributed by atoms with E-state index in [1.807, 2.05) is 0 Å². The molecule has 0 saturated heterocycles. The minimum absolute atomic E-state index is 0.0316. The van der Waals surface area contributed by atoms with E-state index in [2.05, 4.69) is 0 Å². The van der Waals surface area contributed by atoms with E-state index in [-0.39, 0.29) is 54.8 Å². The smallest absolute Gasteiger partial charge is 0.335 e. The molecule has 36 heavy (non-hydrogen) atoms. The first-order valence-electron chi connectivity index (χ1n) is 10.0. The Bertz CT molecular complexity index is 1490. The molecule has 3 aromatic rings. The number of carbonyl (C=O) groups is 6.